The van der Waals surface area contributed by atoms with Crippen molar-refractivity contribution in [1.82, 2.24) is 4.90 Å². The summed E-state index contributed by atoms with van der Waals surface area (Å²) in [4.78, 5) is 26.8. The van der Waals surface area contributed by atoms with Crippen molar-refractivity contribution in [3.05, 3.63) is 70.0 Å². The molecule has 6 nitrogen and oxygen atoms in total. The Bertz CT molecular complexity index is 804. The molecule has 1 fully saturated rings. The van der Waals surface area contributed by atoms with Crippen LogP contribution in [0.5, 0.6) is 0 Å². The van der Waals surface area contributed by atoms with Gasteiger partial charge >= 0.3 is 0 Å². The molecule has 0 atom stereocenters. The van der Waals surface area contributed by atoms with Crippen molar-refractivity contribution in [1.29, 1.82) is 0 Å². The lowest BCUT2D eigenvalue weighted by Crippen LogP contribution is -2.49. The highest BCUT2D eigenvalue weighted by Crippen LogP contribution is 2.28. The summed E-state index contributed by atoms with van der Waals surface area (Å²) in [7, 11) is 0. The third kappa shape index (κ3) is 3.99. The first kappa shape index (κ1) is 17.8. The molecular weight excluding hydrogens is 337 g/mol. The second kappa shape index (κ2) is 7.95. The van der Waals surface area contributed by atoms with Crippen molar-refractivity contribution >= 4 is 17.3 Å². The van der Waals surface area contributed by atoms with Crippen molar-refractivity contribution in [2.24, 2.45) is 0 Å². The third-order valence-electron chi connectivity index (χ3n) is 4.62. The number of rotatable bonds is 5. The number of amides is 1. The Hall–Kier alpha value is -2.96. The van der Waals surface area contributed by atoms with Crippen molar-refractivity contribution < 1.29 is 14.1 Å². The molecule has 0 radical (unpaired) electrons. The molecule has 3 rings (SSSR count). The lowest BCUT2D eigenvalue weighted by molar-refractivity contribution is -0.384. The topological polar surface area (TPSA) is 66.7 Å². The predicted octanol–water partition coefficient (Wildman–Crippen LogP) is 3.02. The average Bonchev–Trinajstić information content (AvgIpc) is 2.67. The molecule has 2 aromatic rings. The zero-order valence-electron chi connectivity index (χ0n) is 14.3. The van der Waals surface area contributed by atoms with E-state index in [0.29, 0.717) is 43.9 Å². The van der Waals surface area contributed by atoms with Crippen LogP contribution in [0.4, 0.5) is 15.8 Å². The quantitative estimate of drug-likeness (QED) is 0.609. The van der Waals surface area contributed by atoms with E-state index in [4.69, 9.17) is 0 Å². The van der Waals surface area contributed by atoms with E-state index in [-0.39, 0.29) is 28.8 Å². The second-order valence-electron chi connectivity index (χ2n) is 6.21. The van der Waals surface area contributed by atoms with Gasteiger partial charge in [0.15, 0.2) is 0 Å². The van der Waals surface area contributed by atoms with Crippen LogP contribution in [0.1, 0.15) is 12.0 Å². The normalized spacial score (nSPS) is 14.3. The Labute approximate surface area is 151 Å². The Morgan fingerprint density at radius 2 is 1.69 bits per heavy atom. The molecule has 7 heteroatoms. The fourth-order valence-corrected chi connectivity index (χ4v) is 3.18. The van der Waals surface area contributed by atoms with E-state index in [1.165, 1.54) is 12.1 Å². The standard InChI is InChI=1S/C19H20FN3O3/c20-16-6-2-1-5-15(16)9-10-19(24)22-13-11-21(12-14-22)17-7-3-4-8-18(17)23(25)26/h1-8H,9-14H2. The summed E-state index contributed by atoms with van der Waals surface area (Å²) in [6.45, 7) is 2.08. The minimum atomic E-state index is -0.388. The van der Waals surface area contributed by atoms with Crippen LogP contribution in [-0.2, 0) is 11.2 Å². The fourth-order valence-electron chi connectivity index (χ4n) is 3.18. The number of nitro benzene ring substituents is 1. The second-order valence-corrected chi connectivity index (χ2v) is 6.21. The molecule has 1 aliphatic heterocycles. The van der Waals surface area contributed by atoms with Crippen LogP contribution >= 0.6 is 0 Å². The number of piperazine rings is 1. The van der Waals surface area contributed by atoms with Crippen molar-refractivity contribution in [2.45, 2.75) is 12.8 Å². The maximum atomic E-state index is 13.6. The van der Waals surface area contributed by atoms with E-state index in [9.17, 15) is 19.3 Å². The van der Waals surface area contributed by atoms with Crippen LogP contribution in [-0.4, -0.2) is 41.9 Å². The van der Waals surface area contributed by atoms with Crippen LogP contribution in [0, 0.1) is 15.9 Å². The first-order valence-corrected chi connectivity index (χ1v) is 8.56. The Morgan fingerprint density at radius 1 is 1.04 bits per heavy atom. The molecule has 0 saturated carbocycles. The van der Waals surface area contributed by atoms with Crippen molar-refractivity contribution in [3.8, 4) is 0 Å². The average molecular weight is 357 g/mol. The summed E-state index contributed by atoms with van der Waals surface area (Å²) >= 11 is 0. The number of nitro groups is 1. The summed E-state index contributed by atoms with van der Waals surface area (Å²) in [6.07, 6.45) is 0.627. The fraction of sp³-hybridized carbons (Fsp3) is 0.316. The number of carbonyl (C=O) groups excluding carboxylic acids is 1. The Kier molecular flexibility index (Phi) is 5.46. The summed E-state index contributed by atoms with van der Waals surface area (Å²) < 4.78 is 13.6. The lowest BCUT2D eigenvalue weighted by atomic mass is 10.1. The summed E-state index contributed by atoms with van der Waals surface area (Å²) in [5, 5.41) is 11.2. The van der Waals surface area contributed by atoms with Crippen LogP contribution in [0.3, 0.4) is 0 Å². The molecule has 2 aromatic carbocycles. The lowest BCUT2D eigenvalue weighted by Gasteiger charge is -2.35. The van der Waals surface area contributed by atoms with Gasteiger partial charge in [-0.05, 0) is 24.1 Å². The van der Waals surface area contributed by atoms with Gasteiger partial charge in [0.05, 0.1) is 4.92 Å². The summed E-state index contributed by atoms with van der Waals surface area (Å²) in [5.74, 6) is -0.308. The molecule has 26 heavy (non-hydrogen) atoms. The molecule has 1 aliphatic rings. The molecule has 1 saturated heterocycles. The predicted molar refractivity (Wildman–Crippen MR) is 96.6 cm³/mol. The molecule has 0 spiro atoms. The van der Waals surface area contributed by atoms with Crippen LogP contribution in [0.25, 0.3) is 0 Å². The molecule has 0 N–H and O–H groups in total. The van der Waals surface area contributed by atoms with Gasteiger partial charge in [-0.25, -0.2) is 4.39 Å². The highest BCUT2D eigenvalue weighted by Gasteiger charge is 2.25. The highest BCUT2D eigenvalue weighted by molar-refractivity contribution is 5.77. The number of anilines is 1. The zero-order chi connectivity index (χ0) is 18.5. The molecule has 136 valence electrons. The van der Waals surface area contributed by atoms with Crippen molar-refractivity contribution in [2.75, 3.05) is 31.1 Å². The zero-order valence-corrected chi connectivity index (χ0v) is 14.3. The number of hydrogen-bond acceptors (Lipinski definition) is 4. The molecule has 0 bridgehead atoms. The minimum Gasteiger partial charge on any atom is -0.362 e. The molecule has 1 heterocycles. The smallest absolute Gasteiger partial charge is 0.292 e. The number of halogens is 1. The number of carbonyl (C=O) groups is 1. The highest BCUT2D eigenvalue weighted by atomic mass is 19.1. The van der Waals surface area contributed by atoms with E-state index in [1.54, 1.807) is 41.3 Å². The number of hydrogen-bond donors (Lipinski definition) is 0. The third-order valence-corrected chi connectivity index (χ3v) is 4.62. The minimum absolute atomic E-state index is 0.0181. The summed E-state index contributed by atoms with van der Waals surface area (Å²) in [6, 6.07) is 13.1. The first-order valence-electron chi connectivity index (χ1n) is 8.56. The van der Waals surface area contributed by atoms with Gasteiger partial charge < -0.3 is 9.80 Å². The van der Waals surface area contributed by atoms with E-state index in [0.717, 1.165) is 0 Å². The van der Waals surface area contributed by atoms with Gasteiger partial charge in [-0.1, -0.05) is 30.3 Å². The SMILES string of the molecule is O=C(CCc1ccccc1F)N1CCN(c2ccccc2[N+](=O)[O-])CC1. The molecule has 1 amide bonds. The van der Waals surface area contributed by atoms with E-state index in [1.807, 2.05) is 4.90 Å². The largest absolute Gasteiger partial charge is 0.362 e. The maximum Gasteiger partial charge on any atom is 0.292 e. The number of aryl methyl sites for hydroxylation is 1. The monoisotopic (exact) mass is 357 g/mol. The van der Waals surface area contributed by atoms with E-state index in [2.05, 4.69) is 0 Å². The van der Waals surface area contributed by atoms with Crippen LogP contribution in [0.2, 0.25) is 0 Å². The first-order chi connectivity index (χ1) is 12.6. The molecule has 0 aliphatic carbocycles. The van der Waals surface area contributed by atoms with Gasteiger partial charge in [0.1, 0.15) is 11.5 Å². The number of benzene rings is 2. The number of para-hydroxylation sites is 2. The maximum absolute atomic E-state index is 13.6. The Morgan fingerprint density at radius 3 is 2.38 bits per heavy atom. The van der Waals surface area contributed by atoms with Gasteiger partial charge in [-0.15, -0.1) is 0 Å². The van der Waals surface area contributed by atoms with Crippen molar-refractivity contribution in [3.63, 3.8) is 0 Å². The van der Waals surface area contributed by atoms with Gasteiger partial charge in [0.2, 0.25) is 5.91 Å². The molecule has 0 aromatic heterocycles. The van der Waals surface area contributed by atoms with Gasteiger partial charge in [-0.3, -0.25) is 14.9 Å². The van der Waals surface area contributed by atoms with Gasteiger partial charge in [-0.2, -0.15) is 0 Å². The van der Waals surface area contributed by atoms with Crippen LogP contribution in [0.15, 0.2) is 48.5 Å². The Balaban J connectivity index is 1.56. The molecular formula is C19H20FN3O3. The van der Waals surface area contributed by atoms with E-state index < -0.39 is 0 Å². The van der Waals surface area contributed by atoms with Gasteiger partial charge in [0, 0.05) is 38.7 Å². The van der Waals surface area contributed by atoms with E-state index >= 15 is 0 Å². The molecule has 0 unspecified atom stereocenters. The number of nitrogens with zero attached hydrogens (tertiary/aromatic N) is 3. The summed E-state index contributed by atoms with van der Waals surface area (Å²) in [5.41, 5.74) is 1.20. The van der Waals surface area contributed by atoms with Crippen LogP contribution < -0.4 is 4.90 Å². The van der Waals surface area contributed by atoms with Gasteiger partial charge in [0.25, 0.3) is 5.69 Å².